The fraction of sp³-hybridized carbons (Fsp3) is 0.400. The molecule has 1 amide bonds. The third-order valence-electron chi connectivity index (χ3n) is 5.73. The van der Waals surface area contributed by atoms with Crippen LogP contribution in [0.15, 0.2) is 53.7 Å². The van der Waals surface area contributed by atoms with Crippen LogP contribution in [-0.4, -0.2) is 58.9 Å². The summed E-state index contributed by atoms with van der Waals surface area (Å²) in [5.41, 5.74) is 2.31. The van der Waals surface area contributed by atoms with Gasteiger partial charge in [-0.05, 0) is 24.6 Å². The number of carbonyl (C=O) groups excluding carboxylic acids is 2. The first-order chi connectivity index (χ1) is 16.0. The van der Waals surface area contributed by atoms with Crippen LogP contribution in [0.2, 0.25) is 0 Å². The minimum Gasteiger partial charge on any atom is -0.461 e. The molecule has 0 atom stereocenters. The summed E-state index contributed by atoms with van der Waals surface area (Å²) in [6, 6.07) is 14.5. The number of benzene rings is 1. The van der Waals surface area contributed by atoms with Gasteiger partial charge in [0, 0.05) is 42.7 Å². The van der Waals surface area contributed by atoms with Crippen LogP contribution >= 0.6 is 11.8 Å². The van der Waals surface area contributed by atoms with Gasteiger partial charge >= 0.3 is 5.97 Å². The molecule has 0 unspecified atom stereocenters. The van der Waals surface area contributed by atoms with E-state index >= 15 is 0 Å². The zero-order valence-electron chi connectivity index (χ0n) is 19.4. The second-order valence-corrected chi connectivity index (χ2v) is 9.41. The lowest BCUT2D eigenvalue weighted by Gasteiger charge is -2.37. The van der Waals surface area contributed by atoms with Gasteiger partial charge in [-0.15, -0.1) is 11.8 Å². The molecule has 33 heavy (non-hydrogen) atoms. The predicted octanol–water partition coefficient (Wildman–Crippen LogP) is 4.11. The number of anilines is 1. The number of ether oxygens (including phenoxy) is 1. The smallest absolute Gasteiger partial charge is 0.359 e. The lowest BCUT2D eigenvalue weighted by Crippen LogP contribution is -2.50. The van der Waals surface area contributed by atoms with E-state index < -0.39 is 5.97 Å². The lowest BCUT2D eigenvalue weighted by molar-refractivity contribution is -0.134. The summed E-state index contributed by atoms with van der Waals surface area (Å²) in [5, 5.41) is 0. The molecular weight excluding hydrogens is 436 g/mol. The Balaban J connectivity index is 1.64. The molecule has 0 aliphatic carbocycles. The molecule has 7 nitrogen and oxygen atoms in total. The van der Waals surface area contributed by atoms with Crippen molar-refractivity contribution in [3.05, 3.63) is 60.0 Å². The van der Waals surface area contributed by atoms with Crippen LogP contribution in [0.1, 0.15) is 36.8 Å². The summed E-state index contributed by atoms with van der Waals surface area (Å²) in [6.45, 7) is 8.79. The van der Waals surface area contributed by atoms with E-state index in [0.717, 1.165) is 35.1 Å². The number of amides is 1. The van der Waals surface area contributed by atoms with Gasteiger partial charge in [0.2, 0.25) is 5.91 Å². The Bertz CT molecular complexity index is 1120. The number of nitrogens with zero attached hydrogens (tertiary/aromatic N) is 4. The predicted molar refractivity (Wildman–Crippen MR) is 131 cm³/mol. The number of aromatic nitrogens is 2. The van der Waals surface area contributed by atoms with Gasteiger partial charge in [-0.25, -0.2) is 9.78 Å². The minimum absolute atomic E-state index is 0.00163. The van der Waals surface area contributed by atoms with Gasteiger partial charge < -0.3 is 14.5 Å². The van der Waals surface area contributed by atoms with E-state index in [0.29, 0.717) is 25.4 Å². The number of carbonyl (C=O) groups is 2. The van der Waals surface area contributed by atoms with Gasteiger partial charge in [0.05, 0.1) is 12.1 Å². The topological polar surface area (TPSA) is 67.2 Å². The van der Waals surface area contributed by atoms with Gasteiger partial charge in [0.1, 0.15) is 12.1 Å². The van der Waals surface area contributed by atoms with E-state index in [2.05, 4.69) is 28.1 Å². The molecule has 8 heteroatoms. The van der Waals surface area contributed by atoms with Crippen molar-refractivity contribution in [3.63, 3.8) is 0 Å². The molecular formula is C25H30N4O3S. The van der Waals surface area contributed by atoms with Crippen molar-refractivity contribution in [2.45, 2.75) is 31.4 Å². The van der Waals surface area contributed by atoms with Crippen LogP contribution in [0.4, 0.5) is 5.82 Å². The molecule has 0 spiro atoms. The highest BCUT2D eigenvalue weighted by Gasteiger charge is 2.25. The molecule has 3 heterocycles. The van der Waals surface area contributed by atoms with E-state index in [1.54, 1.807) is 25.0 Å². The van der Waals surface area contributed by atoms with Crippen molar-refractivity contribution in [1.29, 1.82) is 0 Å². The Morgan fingerprint density at radius 2 is 1.82 bits per heavy atom. The normalized spacial score (nSPS) is 14.2. The number of pyridine rings is 1. The maximum Gasteiger partial charge on any atom is 0.359 e. The summed E-state index contributed by atoms with van der Waals surface area (Å²) in [5.74, 6) is 1.59. The summed E-state index contributed by atoms with van der Waals surface area (Å²) >= 11 is 1.73. The molecule has 1 fully saturated rings. The zero-order chi connectivity index (χ0) is 23.4. The molecule has 0 bridgehead atoms. The average Bonchev–Trinajstić information content (AvgIpc) is 3.27. The average molecular weight is 467 g/mol. The fourth-order valence-electron chi connectivity index (χ4n) is 4.00. The monoisotopic (exact) mass is 466 g/mol. The molecule has 2 aromatic heterocycles. The van der Waals surface area contributed by atoms with Gasteiger partial charge in [-0.1, -0.05) is 44.2 Å². The van der Waals surface area contributed by atoms with Crippen LogP contribution in [0.5, 0.6) is 0 Å². The van der Waals surface area contributed by atoms with Crippen molar-refractivity contribution in [3.8, 4) is 0 Å². The number of esters is 1. The molecule has 1 aliphatic heterocycles. The molecule has 0 radical (unpaired) electrons. The van der Waals surface area contributed by atoms with Crippen LogP contribution in [0.3, 0.4) is 0 Å². The molecule has 1 saturated heterocycles. The Morgan fingerprint density at radius 1 is 1.09 bits per heavy atom. The molecule has 4 rings (SSSR count). The largest absolute Gasteiger partial charge is 0.461 e. The third kappa shape index (κ3) is 5.16. The summed E-state index contributed by atoms with van der Waals surface area (Å²) in [7, 11) is 0. The standard InChI is InChI=1S/C25H30N4O3S/c1-4-32-25(31)23-21-14-20(33-16-19-8-6-5-7-9-19)15-22(29(21)17-26-23)27-10-12-28(13-11-27)24(30)18(2)3/h5-9,14-15,17-18H,4,10-13,16H2,1-3H3. The van der Waals surface area contributed by atoms with Crippen molar-refractivity contribution in [1.82, 2.24) is 14.3 Å². The van der Waals surface area contributed by atoms with E-state index in [1.807, 2.05) is 47.4 Å². The van der Waals surface area contributed by atoms with Gasteiger partial charge in [0.15, 0.2) is 5.69 Å². The van der Waals surface area contributed by atoms with Crippen molar-refractivity contribution < 1.29 is 14.3 Å². The van der Waals surface area contributed by atoms with E-state index in [1.165, 1.54) is 5.56 Å². The number of fused-ring (bicyclic) bond motifs is 1. The third-order valence-corrected chi connectivity index (χ3v) is 6.77. The van der Waals surface area contributed by atoms with Crippen molar-refractivity contribution >= 4 is 35.0 Å². The van der Waals surface area contributed by atoms with Crippen LogP contribution in [-0.2, 0) is 15.3 Å². The molecule has 1 aromatic carbocycles. The summed E-state index contributed by atoms with van der Waals surface area (Å²) < 4.78 is 7.19. The number of thioether (sulfide) groups is 1. The first-order valence-corrected chi connectivity index (χ1v) is 12.3. The molecule has 0 saturated carbocycles. The van der Waals surface area contributed by atoms with Crippen LogP contribution in [0.25, 0.3) is 5.52 Å². The Kier molecular flexibility index (Phi) is 7.23. The fourth-order valence-corrected chi connectivity index (χ4v) is 4.91. The Hall–Kier alpha value is -3.00. The highest BCUT2D eigenvalue weighted by Crippen LogP contribution is 2.31. The maximum absolute atomic E-state index is 12.5. The highest BCUT2D eigenvalue weighted by atomic mass is 32.2. The maximum atomic E-state index is 12.5. The first-order valence-electron chi connectivity index (χ1n) is 11.4. The second-order valence-electron chi connectivity index (χ2n) is 8.36. The summed E-state index contributed by atoms with van der Waals surface area (Å²) in [6.07, 6.45) is 1.69. The number of hydrogen-bond acceptors (Lipinski definition) is 6. The Morgan fingerprint density at radius 3 is 2.48 bits per heavy atom. The van der Waals surface area contributed by atoms with Crippen molar-refractivity contribution in [2.24, 2.45) is 5.92 Å². The van der Waals surface area contributed by atoms with E-state index in [-0.39, 0.29) is 11.8 Å². The molecule has 174 valence electrons. The SMILES string of the molecule is CCOC(=O)c1ncn2c(N3CCN(C(=O)C(C)C)CC3)cc(SCc3ccccc3)cc12. The number of piperazine rings is 1. The number of imidazole rings is 1. The van der Waals surface area contributed by atoms with Crippen LogP contribution in [0, 0.1) is 5.92 Å². The number of hydrogen-bond donors (Lipinski definition) is 0. The van der Waals surface area contributed by atoms with E-state index in [4.69, 9.17) is 4.74 Å². The lowest BCUT2D eigenvalue weighted by atomic mass is 10.1. The zero-order valence-corrected chi connectivity index (χ0v) is 20.2. The first kappa shape index (κ1) is 23.2. The van der Waals surface area contributed by atoms with Gasteiger partial charge in [0.25, 0.3) is 0 Å². The molecule has 3 aromatic rings. The number of rotatable bonds is 7. The molecule has 1 aliphatic rings. The minimum atomic E-state index is -0.413. The van der Waals surface area contributed by atoms with Crippen LogP contribution < -0.4 is 4.90 Å². The Labute approximate surface area is 198 Å². The van der Waals surface area contributed by atoms with E-state index in [9.17, 15) is 9.59 Å². The summed E-state index contributed by atoms with van der Waals surface area (Å²) in [4.78, 5) is 34.6. The quantitative estimate of drug-likeness (QED) is 0.386. The second kappa shape index (κ2) is 10.3. The van der Waals surface area contributed by atoms with Crippen molar-refractivity contribution in [2.75, 3.05) is 37.7 Å². The van der Waals surface area contributed by atoms with Gasteiger partial charge in [-0.3, -0.25) is 9.20 Å². The molecule has 0 N–H and O–H groups in total. The van der Waals surface area contributed by atoms with Gasteiger partial charge in [-0.2, -0.15) is 0 Å². The highest BCUT2D eigenvalue weighted by molar-refractivity contribution is 7.98.